The summed E-state index contributed by atoms with van der Waals surface area (Å²) in [7, 11) is 2.18. The van der Waals surface area contributed by atoms with Crippen LogP contribution in [0.4, 0.5) is 5.69 Å². The molecule has 1 aromatic carbocycles. The molecule has 2 fully saturated rings. The van der Waals surface area contributed by atoms with Crippen molar-refractivity contribution in [1.29, 1.82) is 0 Å². The van der Waals surface area contributed by atoms with Crippen LogP contribution >= 0.6 is 0 Å². The van der Waals surface area contributed by atoms with Crippen molar-refractivity contribution in [3.8, 4) is 0 Å². The van der Waals surface area contributed by atoms with Gasteiger partial charge in [-0.25, -0.2) is 0 Å². The first-order valence-corrected chi connectivity index (χ1v) is 9.19. The summed E-state index contributed by atoms with van der Waals surface area (Å²) in [4.78, 5) is 17.0. The molecule has 2 saturated heterocycles. The molecule has 1 atom stereocenters. The predicted octanol–water partition coefficient (Wildman–Crippen LogP) is 1.76. The van der Waals surface area contributed by atoms with Crippen LogP contribution in [-0.2, 0) is 11.3 Å². The Balaban J connectivity index is 1.46. The number of likely N-dealkylation sites (N-methyl/N-ethyl adjacent to an activating group) is 1. The molecule has 5 heteroatoms. The Kier molecular flexibility index (Phi) is 6.24. The molecule has 24 heavy (non-hydrogen) atoms. The van der Waals surface area contributed by atoms with Gasteiger partial charge in [0.15, 0.2) is 0 Å². The van der Waals surface area contributed by atoms with Crippen LogP contribution in [0, 0.1) is 5.92 Å². The van der Waals surface area contributed by atoms with E-state index in [0.29, 0.717) is 12.3 Å². The van der Waals surface area contributed by atoms with E-state index < -0.39 is 0 Å². The third-order valence-corrected chi connectivity index (χ3v) is 5.15. The molecule has 2 aliphatic heterocycles. The largest absolute Gasteiger partial charge is 0.326 e. The topological polar surface area (TPSA) is 47.6 Å². The predicted molar refractivity (Wildman–Crippen MR) is 98.1 cm³/mol. The first-order valence-electron chi connectivity index (χ1n) is 9.19. The van der Waals surface area contributed by atoms with Gasteiger partial charge in [-0.3, -0.25) is 9.69 Å². The minimum absolute atomic E-state index is 0.138. The molecule has 0 radical (unpaired) electrons. The number of carbonyl (C=O) groups excluding carboxylic acids is 1. The molecule has 1 unspecified atom stereocenters. The normalized spacial score (nSPS) is 22.6. The van der Waals surface area contributed by atoms with E-state index in [-0.39, 0.29) is 5.91 Å². The molecule has 0 spiro atoms. The lowest BCUT2D eigenvalue weighted by molar-refractivity contribution is -0.116. The van der Waals surface area contributed by atoms with Gasteiger partial charge in [0.05, 0.1) is 0 Å². The van der Waals surface area contributed by atoms with Gasteiger partial charge in [-0.2, -0.15) is 0 Å². The maximum atomic E-state index is 12.2. The van der Waals surface area contributed by atoms with Gasteiger partial charge in [-0.05, 0) is 56.6 Å². The maximum Gasteiger partial charge on any atom is 0.224 e. The summed E-state index contributed by atoms with van der Waals surface area (Å²) in [5.41, 5.74) is 2.20. The highest BCUT2D eigenvalue weighted by molar-refractivity contribution is 5.90. The van der Waals surface area contributed by atoms with Crippen molar-refractivity contribution < 1.29 is 4.79 Å². The van der Waals surface area contributed by atoms with Gasteiger partial charge in [-0.1, -0.05) is 12.1 Å². The van der Waals surface area contributed by atoms with Crippen molar-refractivity contribution in [2.24, 2.45) is 5.92 Å². The summed E-state index contributed by atoms with van der Waals surface area (Å²) in [6.07, 6.45) is 2.81. The Morgan fingerprint density at radius 3 is 2.88 bits per heavy atom. The lowest BCUT2D eigenvalue weighted by atomic mass is 10.0. The Morgan fingerprint density at radius 1 is 1.29 bits per heavy atom. The average Bonchev–Trinajstić information content (AvgIpc) is 3.09. The summed E-state index contributed by atoms with van der Waals surface area (Å²) in [6, 6.07) is 8.30. The van der Waals surface area contributed by atoms with Crippen LogP contribution in [-0.4, -0.2) is 62.0 Å². The van der Waals surface area contributed by atoms with Gasteiger partial charge < -0.3 is 15.5 Å². The number of carbonyl (C=O) groups is 1. The van der Waals surface area contributed by atoms with E-state index >= 15 is 0 Å². The molecule has 3 rings (SSSR count). The maximum absolute atomic E-state index is 12.2. The highest BCUT2D eigenvalue weighted by atomic mass is 16.1. The zero-order valence-corrected chi connectivity index (χ0v) is 14.8. The average molecular weight is 330 g/mol. The number of hydrogen-bond acceptors (Lipinski definition) is 4. The fourth-order valence-corrected chi connectivity index (χ4v) is 3.53. The minimum Gasteiger partial charge on any atom is -0.326 e. The monoisotopic (exact) mass is 330 g/mol. The van der Waals surface area contributed by atoms with E-state index in [0.717, 1.165) is 57.9 Å². The fraction of sp³-hybridized carbons (Fsp3) is 0.632. The van der Waals surface area contributed by atoms with Crippen LogP contribution in [0.25, 0.3) is 0 Å². The third-order valence-electron chi connectivity index (χ3n) is 5.15. The third kappa shape index (κ3) is 5.30. The zero-order chi connectivity index (χ0) is 16.8. The molecular formula is C19H30N4O. The Hall–Kier alpha value is -1.43. The SMILES string of the molecule is CN1CCN(Cc2cccc(NC(=O)CCC3CCNC3)c2)CC1. The van der Waals surface area contributed by atoms with Crippen molar-refractivity contribution in [3.63, 3.8) is 0 Å². The van der Waals surface area contributed by atoms with Gasteiger partial charge in [0.1, 0.15) is 0 Å². The number of nitrogens with zero attached hydrogens (tertiary/aromatic N) is 2. The van der Waals surface area contributed by atoms with E-state index in [9.17, 15) is 4.79 Å². The first-order chi connectivity index (χ1) is 11.7. The van der Waals surface area contributed by atoms with Crippen LogP contribution in [0.3, 0.4) is 0 Å². The van der Waals surface area contributed by atoms with E-state index in [1.54, 1.807) is 0 Å². The van der Waals surface area contributed by atoms with Crippen LogP contribution in [0.5, 0.6) is 0 Å². The van der Waals surface area contributed by atoms with Crippen molar-refractivity contribution >= 4 is 11.6 Å². The van der Waals surface area contributed by atoms with Gasteiger partial charge in [0, 0.05) is 44.8 Å². The molecular weight excluding hydrogens is 300 g/mol. The van der Waals surface area contributed by atoms with E-state index in [1.807, 2.05) is 12.1 Å². The number of amides is 1. The molecule has 0 bridgehead atoms. The quantitative estimate of drug-likeness (QED) is 0.834. The molecule has 0 saturated carbocycles. The second-order valence-electron chi connectivity index (χ2n) is 7.23. The molecule has 132 valence electrons. The van der Waals surface area contributed by atoms with Gasteiger partial charge in [0.25, 0.3) is 0 Å². The van der Waals surface area contributed by atoms with Gasteiger partial charge in [0.2, 0.25) is 5.91 Å². The molecule has 1 amide bonds. The number of nitrogens with one attached hydrogen (secondary N) is 2. The van der Waals surface area contributed by atoms with Crippen molar-refractivity contribution in [2.75, 3.05) is 51.6 Å². The van der Waals surface area contributed by atoms with E-state index in [1.165, 1.54) is 12.0 Å². The molecule has 2 N–H and O–H groups in total. The summed E-state index contributed by atoms with van der Waals surface area (Å²) in [5.74, 6) is 0.804. The summed E-state index contributed by atoms with van der Waals surface area (Å²) >= 11 is 0. The number of hydrogen-bond donors (Lipinski definition) is 2. The highest BCUT2D eigenvalue weighted by Crippen LogP contribution is 2.17. The van der Waals surface area contributed by atoms with Crippen LogP contribution < -0.4 is 10.6 Å². The van der Waals surface area contributed by atoms with Gasteiger partial charge in [-0.15, -0.1) is 0 Å². The van der Waals surface area contributed by atoms with Crippen molar-refractivity contribution in [3.05, 3.63) is 29.8 Å². The lowest BCUT2D eigenvalue weighted by Crippen LogP contribution is -2.43. The van der Waals surface area contributed by atoms with E-state index in [2.05, 4.69) is 39.6 Å². The molecule has 2 heterocycles. The number of benzene rings is 1. The molecule has 5 nitrogen and oxygen atoms in total. The smallest absolute Gasteiger partial charge is 0.224 e. The number of anilines is 1. The zero-order valence-electron chi connectivity index (χ0n) is 14.8. The highest BCUT2D eigenvalue weighted by Gasteiger charge is 2.16. The van der Waals surface area contributed by atoms with Gasteiger partial charge >= 0.3 is 0 Å². The standard InChI is InChI=1S/C19H30N4O/c1-22-9-11-23(12-10-22)15-17-3-2-4-18(13-17)21-19(24)6-5-16-7-8-20-14-16/h2-4,13,16,20H,5-12,14-15H2,1H3,(H,21,24). The lowest BCUT2D eigenvalue weighted by Gasteiger charge is -2.32. The van der Waals surface area contributed by atoms with Crippen molar-refractivity contribution in [2.45, 2.75) is 25.8 Å². The molecule has 1 aromatic rings. The molecule has 0 aliphatic carbocycles. The Morgan fingerprint density at radius 2 is 2.12 bits per heavy atom. The first kappa shape index (κ1) is 17.4. The molecule has 2 aliphatic rings. The fourth-order valence-electron chi connectivity index (χ4n) is 3.53. The second kappa shape index (κ2) is 8.60. The Bertz CT molecular complexity index is 534. The number of rotatable bonds is 6. The van der Waals surface area contributed by atoms with Crippen LogP contribution in [0.1, 0.15) is 24.8 Å². The number of piperazine rings is 1. The molecule has 0 aromatic heterocycles. The summed E-state index contributed by atoms with van der Waals surface area (Å²) in [6.45, 7) is 7.61. The van der Waals surface area contributed by atoms with Crippen LogP contribution in [0.15, 0.2) is 24.3 Å². The van der Waals surface area contributed by atoms with Crippen molar-refractivity contribution in [1.82, 2.24) is 15.1 Å². The van der Waals surface area contributed by atoms with E-state index in [4.69, 9.17) is 0 Å². The van der Waals surface area contributed by atoms with Crippen LogP contribution in [0.2, 0.25) is 0 Å². The summed E-state index contributed by atoms with van der Waals surface area (Å²) in [5, 5.41) is 6.42. The second-order valence-corrected chi connectivity index (χ2v) is 7.23. The summed E-state index contributed by atoms with van der Waals surface area (Å²) < 4.78 is 0. The Labute approximate surface area is 145 Å². The minimum atomic E-state index is 0.138.